The summed E-state index contributed by atoms with van der Waals surface area (Å²) in [5.74, 6) is 0.507. The lowest BCUT2D eigenvalue weighted by Crippen LogP contribution is -2.30. The van der Waals surface area contributed by atoms with Crippen molar-refractivity contribution in [2.24, 2.45) is 0 Å². The van der Waals surface area contributed by atoms with E-state index in [-0.39, 0.29) is 5.91 Å². The van der Waals surface area contributed by atoms with Crippen LogP contribution in [0.2, 0.25) is 5.02 Å². The van der Waals surface area contributed by atoms with Crippen LogP contribution in [0.4, 0.5) is 5.69 Å². The maximum absolute atomic E-state index is 11.6. The Morgan fingerprint density at radius 1 is 1.53 bits per heavy atom. The van der Waals surface area contributed by atoms with E-state index in [0.717, 1.165) is 36.8 Å². The molecule has 3 nitrogen and oxygen atoms in total. The van der Waals surface area contributed by atoms with Crippen LogP contribution in [0.5, 0.6) is 0 Å². The first kappa shape index (κ1) is 11.1. The molecule has 0 aliphatic carbocycles. The summed E-state index contributed by atoms with van der Waals surface area (Å²) in [5, 5.41) is 4.25. The molecule has 1 N–H and O–H groups in total. The number of anilines is 1. The van der Waals surface area contributed by atoms with Crippen molar-refractivity contribution in [3.05, 3.63) is 28.3 Å². The van der Waals surface area contributed by atoms with Crippen molar-refractivity contribution >= 4 is 23.2 Å². The Bertz CT molecular complexity index is 487. The van der Waals surface area contributed by atoms with Crippen LogP contribution < -0.4 is 10.2 Å². The van der Waals surface area contributed by atoms with Crippen LogP contribution in [0.15, 0.2) is 12.1 Å². The highest BCUT2D eigenvalue weighted by Gasteiger charge is 2.34. The van der Waals surface area contributed by atoms with Gasteiger partial charge in [-0.25, -0.2) is 0 Å². The molecule has 2 heterocycles. The lowest BCUT2D eigenvalue weighted by atomic mass is 9.95. The Morgan fingerprint density at radius 2 is 2.35 bits per heavy atom. The van der Waals surface area contributed by atoms with Crippen molar-refractivity contribution in [1.29, 1.82) is 0 Å². The molecular weight excluding hydrogens is 236 g/mol. The van der Waals surface area contributed by atoms with Gasteiger partial charge in [-0.2, -0.15) is 0 Å². The second-order valence-corrected chi connectivity index (χ2v) is 5.15. The van der Waals surface area contributed by atoms with E-state index in [1.54, 1.807) is 6.92 Å². The molecule has 17 heavy (non-hydrogen) atoms. The van der Waals surface area contributed by atoms with Crippen molar-refractivity contribution in [1.82, 2.24) is 5.32 Å². The number of benzene rings is 1. The summed E-state index contributed by atoms with van der Waals surface area (Å²) in [7, 11) is 0. The van der Waals surface area contributed by atoms with Crippen LogP contribution in [-0.2, 0) is 11.2 Å². The molecular formula is C13H15ClN2O. The standard InChI is InChI=1S/C13H15ClN2O/c1-8(17)16-7-9-6-15-5-4-10-11(14)2-3-12(16)13(9)10/h2-3,9,15H,4-7H2,1H3. The summed E-state index contributed by atoms with van der Waals surface area (Å²) < 4.78 is 0. The van der Waals surface area contributed by atoms with Gasteiger partial charge in [0.15, 0.2) is 0 Å². The van der Waals surface area contributed by atoms with E-state index in [2.05, 4.69) is 5.32 Å². The molecule has 0 fully saturated rings. The maximum Gasteiger partial charge on any atom is 0.223 e. The monoisotopic (exact) mass is 250 g/mol. The van der Waals surface area contributed by atoms with Gasteiger partial charge in [0, 0.05) is 36.6 Å². The quantitative estimate of drug-likeness (QED) is 0.763. The molecule has 0 radical (unpaired) electrons. The highest BCUT2D eigenvalue weighted by atomic mass is 35.5. The Balaban J connectivity index is 2.18. The highest BCUT2D eigenvalue weighted by molar-refractivity contribution is 6.31. The number of carbonyl (C=O) groups is 1. The van der Waals surface area contributed by atoms with Gasteiger partial charge in [-0.05, 0) is 36.2 Å². The average molecular weight is 251 g/mol. The van der Waals surface area contributed by atoms with Crippen LogP contribution in [0.1, 0.15) is 24.0 Å². The maximum atomic E-state index is 11.6. The Morgan fingerprint density at radius 3 is 3.12 bits per heavy atom. The van der Waals surface area contributed by atoms with Crippen LogP contribution in [0, 0.1) is 0 Å². The molecule has 1 aromatic rings. The summed E-state index contributed by atoms with van der Waals surface area (Å²) in [6.07, 6.45) is 0.949. The molecule has 0 aromatic heterocycles. The largest absolute Gasteiger partial charge is 0.316 e. The molecule has 0 saturated carbocycles. The van der Waals surface area contributed by atoms with Gasteiger partial charge in [-0.15, -0.1) is 0 Å². The first-order chi connectivity index (χ1) is 8.18. The van der Waals surface area contributed by atoms with Gasteiger partial charge in [-0.3, -0.25) is 4.79 Å². The van der Waals surface area contributed by atoms with Crippen LogP contribution in [0.25, 0.3) is 0 Å². The molecule has 0 saturated heterocycles. The number of hydrogen-bond acceptors (Lipinski definition) is 2. The molecule has 1 atom stereocenters. The van der Waals surface area contributed by atoms with Gasteiger partial charge < -0.3 is 10.2 Å². The first-order valence-electron chi connectivity index (χ1n) is 5.98. The minimum atomic E-state index is 0.114. The predicted molar refractivity (Wildman–Crippen MR) is 68.8 cm³/mol. The lowest BCUT2D eigenvalue weighted by Gasteiger charge is -2.16. The molecule has 1 unspecified atom stereocenters. The number of nitrogens with one attached hydrogen (secondary N) is 1. The fourth-order valence-corrected chi connectivity index (χ4v) is 3.19. The SMILES string of the molecule is CC(=O)N1CC2CNCCc3c(Cl)ccc1c32. The normalized spacial score (nSPS) is 22.2. The molecule has 0 bridgehead atoms. The molecule has 4 heteroatoms. The third-order valence-corrected chi connectivity index (χ3v) is 4.06. The third-order valence-electron chi connectivity index (χ3n) is 3.70. The Kier molecular flexibility index (Phi) is 2.60. The number of carbonyl (C=O) groups excluding carboxylic acids is 1. The molecule has 0 spiro atoms. The van der Waals surface area contributed by atoms with Gasteiger partial charge in [0.2, 0.25) is 5.91 Å². The van der Waals surface area contributed by atoms with Crippen molar-refractivity contribution in [3.63, 3.8) is 0 Å². The number of halogens is 1. The van der Waals surface area contributed by atoms with Gasteiger partial charge in [0.1, 0.15) is 0 Å². The third kappa shape index (κ3) is 1.65. The van der Waals surface area contributed by atoms with E-state index < -0.39 is 0 Å². The Hall–Kier alpha value is -1.06. The minimum Gasteiger partial charge on any atom is -0.316 e. The number of rotatable bonds is 0. The molecule has 90 valence electrons. The smallest absolute Gasteiger partial charge is 0.223 e. The molecule has 2 aliphatic rings. The van der Waals surface area contributed by atoms with Crippen molar-refractivity contribution in [3.8, 4) is 0 Å². The zero-order valence-electron chi connectivity index (χ0n) is 9.79. The van der Waals surface area contributed by atoms with E-state index in [0.29, 0.717) is 5.92 Å². The van der Waals surface area contributed by atoms with Crippen molar-refractivity contribution in [2.75, 3.05) is 24.5 Å². The predicted octanol–water partition coefficient (Wildman–Crippen LogP) is 1.94. The summed E-state index contributed by atoms with van der Waals surface area (Å²) in [4.78, 5) is 13.5. The van der Waals surface area contributed by atoms with Gasteiger partial charge >= 0.3 is 0 Å². The van der Waals surface area contributed by atoms with Crippen molar-refractivity contribution < 1.29 is 4.79 Å². The summed E-state index contributed by atoms with van der Waals surface area (Å²) in [5.41, 5.74) is 3.58. The molecule has 1 aromatic carbocycles. The first-order valence-corrected chi connectivity index (χ1v) is 6.36. The van der Waals surface area contributed by atoms with E-state index in [9.17, 15) is 4.79 Å². The second-order valence-electron chi connectivity index (χ2n) is 4.74. The van der Waals surface area contributed by atoms with Gasteiger partial charge in [0.25, 0.3) is 0 Å². The molecule has 3 rings (SSSR count). The summed E-state index contributed by atoms with van der Waals surface area (Å²) in [6, 6.07) is 3.90. The zero-order valence-corrected chi connectivity index (χ0v) is 10.5. The number of hydrogen-bond donors (Lipinski definition) is 1. The zero-order chi connectivity index (χ0) is 12.0. The average Bonchev–Trinajstić information content (AvgIpc) is 2.52. The second kappa shape index (κ2) is 4.00. The van der Waals surface area contributed by atoms with Gasteiger partial charge in [0.05, 0.1) is 0 Å². The number of nitrogens with zero attached hydrogens (tertiary/aromatic N) is 1. The van der Waals surface area contributed by atoms with E-state index in [1.165, 1.54) is 11.1 Å². The lowest BCUT2D eigenvalue weighted by molar-refractivity contribution is -0.116. The Labute approximate surface area is 106 Å². The topological polar surface area (TPSA) is 32.3 Å². The van der Waals surface area contributed by atoms with E-state index in [1.807, 2.05) is 17.0 Å². The van der Waals surface area contributed by atoms with Crippen LogP contribution in [-0.4, -0.2) is 25.5 Å². The van der Waals surface area contributed by atoms with Crippen LogP contribution >= 0.6 is 11.6 Å². The molecule has 2 aliphatic heterocycles. The number of amides is 1. The summed E-state index contributed by atoms with van der Waals surface area (Å²) in [6.45, 7) is 4.31. The van der Waals surface area contributed by atoms with Crippen LogP contribution in [0.3, 0.4) is 0 Å². The summed E-state index contributed by atoms with van der Waals surface area (Å²) >= 11 is 6.28. The fourth-order valence-electron chi connectivity index (χ4n) is 2.94. The van der Waals surface area contributed by atoms with Crippen molar-refractivity contribution in [2.45, 2.75) is 19.3 Å². The minimum absolute atomic E-state index is 0.114. The fraction of sp³-hybridized carbons (Fsp3) is 0.462. The highest BCUT2D eigenvalue weighted by Crippen LogP contribution is 2.42. The van der Waals surface area contributed by atoms with E-state index >= 15 is 0 Å². The molecule has 1 amide bonds. The van der Waals surface area contributed by atoms with E-state index in [4.69, 9.17) is 11.6 Å². The van der Waals surface area contributed by atoms with Gasteiger partial charge in [-0.1, -0.05) is 11.6 Å².